The molecule has 1 aliphatic heterocycles. The van der Waals surface area contributed by atoms with Gasteiger partial charge in [0.15, 0.2) is 5.69 Å². The van der Waals surface area contributed by atoms with Crippen LogP contribution in [0.3, 0.4) is 0 Å². The standard InChI is InChI=1S/C20H20N4O3/c1-12(2)24-19(25)15-7-5-4-6-14(15)17(22-24)20(26)23-8-9-27-18-16(23)10-13(3)11-21-18/h4-7,10-12H,8-9H2,1-3H3. The predicted octanol–water partition coefficient (Wildman–Crippen LogP) is 2.72. The second-order valence-corrected chi connectivity index (χ2v) is 6.88. The highest BCUT2D eigenvalue weighted by Crippen LogP contribution is 2.31. The average molecular weight is 364 g/mol. The molecule has 4 rings (SSSR count). The Bertz CT molecular complexity index is 1100. The lowest BCUT2D eigenvalue weighted by Crippen LogP contribution is -2.40. The maximum Gasteiger partial charge on any atom is 0.279 e. The molecule has 0 unspecified atom stereocenters. The van der Waals surface area contributed by atoms with Gasteiger partial charge in [-0.05, 0) is 38.5 Å². The van der Waals surface area contributed by atoms with Crippen molar-refractivity contribution in [3.63, 3.8) is 0 Å². The minimum Gasteiger partial charge on any atom is -0.474 e. The van der Waals surface area contributed by atoms with E-state index in [0.29, 0.717) is 35.5 Å². The quantitative estimate of drug-likeness (QED) is 0.699. The van der Waals surface area contributed by atoms with Gasteiger partial charge in [0.2, 0.25) is 5.88 Å². The summed E-state index contributed by atoms with van der Waals surface area (Å²) in [5, 5.41) is 5.46. The Hall–Kier alpha value is -3.22. The fraction of sp³-hybridized carbons (Fsp3) is 0.300. The van der Waals surface area contributed by atoms with Crippen molar-refractivity contribution in [1.29, 1.82) is 0 Å². The molecule has 0 saturated carbocycles. The van der Waals surface area contributed by atoms with Crippen LogP contribution in [0.25, 0.3) is 10.8 Å². The van der Waals surface area contributed by atoms with Crippen molar-refractivity contribution in [3.05, 3.63) is 58.1 Å². The van der Waals surface area contributed by atoms with Crippen molar-refractivity contribution in [2.45, 2.75) is 26.8 Å². The van der Waals surface area contributed by atoms with Crippen LogP contribution >= 0.6 is 0 Å². The Morgan fingerprint density at radius 2 is 1.96 bits per heavy atom. The van der Waals surface area contributed by atoms with Crippen LogP contribution in [-0.2, 0) is 0 Å². The first-order chi connectivity index (χ1) is 13.0. The van der Waals surface area contributed by atoms with Crippen LogP contribution in [0, 0.1) is 6.92 Å². The topological polar surface area (TPSA) is 77.3 Å². The first-order valence-electron chi connectivity index (χ1n) is 8.90. The van der Waals surface area contributed by atoms with Crippen LogP contribution < -0.4 is 15.2 Å². The normalized spacial score (nSPS) is 13.6. The van der Waals surface area contributed by atoms with E-state index >= 15 is 0 Å². The molecule has 3 aromatic rings. The maximum atomic E-state index is 13.4. The van der Waals surface area contributed by atoms with Gasteiger partial charge in [-0.15, -0.1) is 0 Å². The van der Waals surface area contributed by atoms with E-state index < -0.39 is 0 Å². The summed E-state index contributed by atoms with van der Waals surface area (Å²) >= 11 is 0. The summed E-state index contributed by atoms with van der Waals surface area (Å²) in [4.78, 5) is 32.1. The molecule has 7 nitrogen and oxygen atoms in total. The highest BCUT2D eigenvalue weighted by molar-refractivity contribution is 6.12. The number of anilines is 1. The SMILES string of the molecule is Cc1cnc2c(c1)N(C(=O)c1nn(C(C)C)c(=O)c3ccccc13)CCO2. The predicted molar refractivity (Wildman–Crippen MR) is 103 cm³/mol. The smallest absolute Gasteiger partial charge is 0.279 e. The van der Waals surface area contributed by atoms with Gasteiger partial charge in [-0.2, -0.15) is 5.10 Å². The molecule has 0 bridgehead atoms. The summed E-state index contributed by atoms with van der Waals surface area (Å²) in [5.41, 5.74) is 1.62. The summed E-state index contributed by atoms with van der Waals surface area (Å²) in [5.74, 6) is 0.166. The molecule has 138 valence electrons. The third-order valence-electron chi connectivity index (χ3n) is 4.58. The number of nitrogens with zero attached hydrogens (tertiary/aromatic N) is 4. The molecule has 1 amide bonds. The van der Waals surface area contributed by atoms with Gasteiger partial charge >= 0.3 is 0 Å². The number of hydrogen-bond acceptors (Lipinski definition) is 5. The van der Waals surface area contributed by atoms with Crippen molar-refractivity contribution in [3.8, 4) is 5.88 Å². The van der Waals surface area contributed by atoms with Gasteiger partial charge in [0, 0.05) is 11.6 Å². The molecule has 1 aliphatic rings. The number of rotatable bonds is 2. The third-order valence-corrected chi connectivity index (χ3v) is 4.58. The zero-order valence-electron chi connectivity index (χ0n) is 15.5. The van der Waals surface area contributed by atoms with Crippen LogP contribution in [0.2, 0.25) is 0 Å². The Kier molecular flexibility index (Phi) is 4.14. The number of hydrogen-bond donors (Lipinski definition) is 0. The second kappa shape index (κ2) is 6.50. The fourth-order valence-electron chi connectivity index (χ4n) is 3.25. The molecule has 0 saturated heterocycles. The van der Waals surface area contributed by atoms with Crippen molar-refractivity contribution in [2.24, 2.45) is 0 Å². The first-order valence-corrected chi connectivity index (χ1v) is 8.90. The van der Waals surface area contributed by atoms with Crippen LogP contribution in [0.15, 0.2) is 41.3 Å². The van der Waals surface area contributed by atoms with Crippen LogP contribution in [0.4, 0.5) is 5.69 Å². The molecule has 0 spiro atoms. The van der Waals surface area contributed by atoms with Crippen molar-refractivity contribution < 1.29 is 9.53 Å². The molecule has 7 heteroatoms. The van der Waals surface area contributed by atoms with E-state index in [1.807, 2.05) is 26.8 Å². The van der Waals surface area contributed by atoms with Gasteiger partial charge < -0.3 is 4.74 Å². The molecule has 27 heavy (non-hydrogen) atoms. The highest BCUT2D eigenvalue weighted by atomic mass is 16.5. The lowest BCUT2D eigenvalue weighted by atomic mass is 10.1. The number of benzene rings is 1. The molecule has 0 N–H and O–H groups in total. The molecular weight excluding hydrogens is 344 g/mol. The lowest BCUT2D eigenvalue weighted by Gasteiger charge is -2.29. The summed E-state index contributed by atoms with van der Waals surface area (Å²) in [7, 11) is 0. The fourth-order valence-corrected chi connectivity index (χ4v) is 3.25. The number of aromatic nitrogens is 3. The van der Waals surface area contributed by atoms with Gasteiger partial charge in [0.05, 0.1) is 18.0 Å². The van der Waals surface area contributed by atoms with Crippen LogP contribution in [0.5, 0.6) is 5.88 Å². The summed E-state index contributed by atoms with van der Waals surface area (Å²) < 4.78 is 6.95. The van der Waals surface area contributed by atoms with Gasteiger partial charge in [0.1, 0.15) is 12.3 Å². The van der Waals surface area contributed by atoms with E-state index in [1.165, 1.54) is 4.68 Å². The Morgan fingerprint density at radius 1 is 1.22 bits per heavy atom. The molecule has 3 heterocycles. The zero-order valence-corrected chi connectivity index (χ0v) is 15.5. The van der Waals surface area contributed by atoms with E-state index in [9.17, 15) is 9.59 Å². The minimum atomic E-state index is -0.266. The molecule has 0 atom stereocenters. The summed E-state index contributed by atoms with van der Waals surface area (Å²) in [6.45, 7) is 6.41. The third kappa shape index (κ3) is 2.85. The Labute approximate surface area is 156 Å². The van der Waals surface area contributed by atoms with Crippen LogP contribution in [-0.4, -0.2) is 33.8 Å². The first kappa shape index (κ1) is 17.2. The number of fused-ring (bicyclic) bond motifs is 2. The van der Waals surface area contributed by atoms with Crippen molar-refractivity contribution in [1.82, 2.24) is 14.8 Å². The minimum absolute atomic E-state index is 0.158. The zero-order chi connectivity index (χ0) is 19.1. The van der Waals surface area contributed by atoms with E-state index in [1.54, 1.807) is 35.4 Å². The lowest BCUT2D eigenvalue weighted by molar-refractivity contribution is 0.0970. The van der Waals surface area contributed by atoms with E-state index in [0.717, 1.165) is 5.56 Å². The number of carbonyl (C=O) groups is 1. The van der Waals surface area contributed by atoms with Crippen molar-refractivity contribution >= 4 is 22.4 Å². The monoisotopic (exact) mass is 364 g/mol. The molecule has 0 aliphatic carbocycles. The second-order valence-electron chi connectivity index (χ2n) is 6.88. The van der Waals surface area contributed by atoms with Gasteiger partial charge in [-0.3, -0.25) is 14.5 Å². The summed E-state index contributed by atoms with van der Waals surface area (Å²) in [6, 6.07) is 8.80. The Balaban J connectivity index is 1.91. The Morgan fingerprint density at radius 3 is 2.70 bits per heavy atom. The number of aryl methyl sites for hydroxylation is 1. The van der Waals surface area contributed by atoms with Gasteiger partial charge in [-0.25, -0.2) is 9.67 Å². The molecule has 1 aromatic carbocycles. The van der Waals surface area contributed by atoms with Crippen molar-refractivity contribution in [2.75, 3.05) is 18.1 Å². The molecule has 2 aromatic heterocycles. The molecule has 0 fully saturated rings. The largest absolute Gasteiger partial charge is 0.474 e. The molecule has 0 radical (unpaired) electrons. The number of pyridine rings is 1. The van der Waals surface area contributed by atoms with E-state index in [4.69, 9.17) is 4.74 Å². The van der Waals surface area contributed by atoms with Gasteiger partial charge in [-0.1, -0.05) is 18.2 Å². The molecular formula is C20H20N4O3. The van der Waals surface area contributed by atoms with E-state index in [-0.39, 0.29) is 23.2 Å². The average Bonchev–Trinajstić information content (AvgIpc) is 2.67. The number of carbonyl (C=O) groups excluding carboxylic acids is 1. The van der Waals surface area contributed by atoms with Gasteiger partial charge in [0.25, 0.3) is 11.5 Å². The van der Waals surface area contributed by atoms with Crippen LogP contribution in [0.1, 0.15) is 35.9 Å². The number of ether oxygens (including phenoxy) is 1. The highest BCUT2D eigenvalue weighted by Gasteiger charge is 2.29. The maximum absolute atomic E-state index is 13.4. The van der Waals surface area contributed by atoms with E-state index in [2.05, 4.69) is 10.1 Å². The summed E-state index contributed by atoms with van der Waals surface area (Å²) in [6.07, 6.45) is 1.71. The number of amides is 1.